The molecule has 0 bridgehead atoms. The van der Waals surface area contributed by atoms with Crippen molar-refractivity contribution in [3.05, 3.63) is 28.8 Å². The Morgan fingerprint density at radius 3 is 2.32 bits per heavy atom. The third-order valence-corrected chi connectivity index (χ3v) is 3.69. The Bertz CT molecular complexity index is 418. The van der Waals surface area contributed by atoms with E-state index in [2.05, 4.69) is 59.0 Å². The average Bonchev–Trinajstić information content (AvgIpc) is 2.32. The van der Waals surface area contributed by atoms with E-state index < -0.39 is 0 Å². The molecule has 0 fully saturated rings. The summed E-state index contributed by atoms with van der Waals surface area (Å²) in [5, 5.41) is 3.67. The summed E-state index contributed by atoms with van der Waals surface area (Å²) in [6.45, 7) is 14.3. The average molecular weight is 263 g/mol. The molecule has 0 spiro atoms. The van der Waals surface area contributed by atoms with E-state index in [1.54, 1.807) is 7.11 Å². The number of benzene rings is 1. The van der Waals surface area contributed by atoms with Gasteiger partial charge in [0, 0.05) is 11.6 Å². The molecule has 0 amide bonds. The van der Waals surface area contributed by atoms with Gasteiger partial charge in [0.05, 0.1) is 7.11 Å². The Morgan fingerprint density at radius 1 is 1.21 bits per heavy atom. The van der Waals surface area contributed by atoms with Gasteiger partial charge in [0.2, 0.25) is 0 Å². The first-order valence-corrected chi connectivity index (χ1v) is 7.20. The zero-order chi connectivity index (χ0) is 14.6. The summed E-state index contributed by atoms with van der Waals surface area (Å²) in [6.07, 6.45) is 1.14. The van der Waals surface area contributed by atoms with Gasteiger partial charge in [-0.05, 0) is 43.4 Å². The van der Waals surface area contributed by atoms with E-state index in [-0.39, 0.29) is 5.41 Å². The molecule has 0 aliphatic carbocycles. The van der Waals surface area contributed by atoms with Crippen LogP contribution in [-0.2, 0) is 0 Å². The van der Waals surface area contributed by atoms with Gasteiger partial charge in [-0.1, -0.05) is 39.8 Å². The first-order chi connectivity index (χ1) is 8.82. The molecule has 19 heavy (non-hydrogen) atoms. The Balaban J connectivity index is 3.26. The van der Waals surface area contributed by atoms with E-state index in [0.29, 0.717) is 6.04 Å². The largest absolute Gasteiger partial charge is 0.496 e. The lowest BCUT2D eigenvalue weighted by atomic mass is 9.81. The molecule has 1 rings (SSSR count). The standard InChI is InChI=1S/C17H29NO/c1-8-11-18-16(17(4,5)6)14-10-9-12(2)13(3)15(14)19-7/h9-10,16,18H,8,11H2,1-7H3. The molecule has 2 nitrogen and oxygen atoms in total. The minimum absolute atomic E-state index is 0.157. The van der Waals surface area contributed by atoms with E-state index in [1.807, 2.05) is 0 Å². The van der Waals surface area contributed by atoms with E-state index in [4.69, 9.17) is 4.74 Å². The van der Waals surface area contributed by atoms with Crippen LogP contribution in [0.2, 0.25) is 0 Å². The Hall–Kier alpha value is -1.02. The van der Waals surface area contributed by atoms with Crippen LogP contribution in [-0.4, -0.2) is 13.7 Å². The Morgan fingerprint density at radius 2 is 1.84 bits per heavy atom. The molecule has 0 saturated heterocycles. The van der Waals surface area contributed by atoms with Crippen molar-refractivity contribution in [1.29, 1.82) is 0 Å². The van der Waals surface area contributed by atoms with Crippen molar-refractivity contribution < 1.29 is 4.74 Å². The molecule has 0 aromatic heterocycles. The number of ether oxygens (including phenoxy) is 1. The molecule has 0 heterocycles. The maximum Gasteiger partial charge on any atom is 0.126 e. The quantitative estimate of drug-likeness (QED) is 0.850. The number of hydrogen-bond donors (Lipinski definition) is 1. The van der Waals surface area contributed by atoms with Gasteiger partial charge in [0.1, 0.15) is 5.75 Å². The zero-order valence-electron chi connectivity index (χ0n) is 13.6. The molecule has 108 valence electrons. The van der Waals surface area contributed by atoms with Crippen LogP contribution in [0.25, 0.3) is 0 Å². The molecule has 0 aliphatic rings. The van der Waals surface area contributed by atoms with Crippen LogP contribution >= 0.6 is 0 Å². The summed E-state index contributed by atoms with van der Waals surface area (Å²) in [5.74, 6) is 1.03. The maximum atomic E-state index is 5.67. The molecule has 1 N–H and O–H groups in total. The second-order valence-corrected chi connectivity index (χ2v) is 6.38. The normalized spacial score (nSPS) is 13.4. The summed E-state index contributed by atoms with van der Waals surface area (Å²) in [4.78, 5) is 0. The van der Waals surface area contributed by atoms with Gasteiger partial charge in [-0.3, -0.25) is 0 Å². The molecular weight excluding hydrogens is 234 g/mol. The number of methoxy groups -OCH3 is 1. The fourth-order valence-corrected chi connectivity index (χ4v) is 2.48. The first kappa shape index (κ1) is 16.0. The third kappa shape index (κ3) is 3.73. The number of nitrogens with one attached hydrogen (secondary N) is 1. The highest BCUT2D eigenvalue weighted by molar-refractivity contribution is 5.47. The number of aryl methyl sites for hydroxylation is 1. The van der Waals surface area contributed by atoms with Crippen LogP contribution in [0.5, 0.6) is 5.75 Å². The van der Waals surface area contributed by atoms with Crippen molar-refractivity contribution in [3.63, 3.8) is 0 Å². The molecular formula is C17H29NO. The van der Waals surface area contributed by atoms with Crippen LogP contribution in [0, 0.1) is 19.3 Å². The first-order valence-electron chi connectivity index (χ1n) is 7.20. The second kappa shape index (κ2) is 6.42. The van der Waals surface area contributed by atoms with Crippen molar-refractivity contribution >= 4 is 0 Å². The monoisotopic (exact) mass is 263 g/mol. The smallest absolute Gasteiger partial charge is 0.126 e. The van der Waals surface area contributed by atoms with Gasteiger partial charge in [0.15, 0.2) is 0 Å². The predicted molar refractivity (Wildman–Crippen MR) is 83.0 cm³/mol. The summed E-state index contributed by atoms with van der Waals surface area (Å²) in [7, 11) is 1.77. The highest BCUT2D eigenvalue weighted by atomic mass is 16.5. The fraction of sp³-hybridized carbons (Fsp3) is 0.647. The molecule has 1 aromatic rings. The molecule has 2 heteroatoms. The minimum atomic E-state index is 0.157. The molecule has 0 radical (unpaired) electrons. The van der Waals surface area contributed by atoms with Crippen molar-refractivity contribution in [2.75, 3.05) is 13.7 Å². The summed E-state index contributed by atoms with van der Waals surface area (Å²) < 4.78 is 5.67. The van der Waals surface area contributed by atoms with E-state index in [0.717, 1.165) is 18.7 Å². The third-order valence-electron chi connectivity index (χ3n) is 3.69. The van der Waals surface area contributed by atoms with Gasteiger partial charge in [-0.25, -0.2) is 0 Å². The van der Waals surface area contributed by atoms with Gasteiger partial charge >= 0.3 is 0 Å². The Labute approximate surface area is 118 Å². The molecule has 1 atom stereocenters. The number of hydrogen-bond acceptors (Lipinski definition) is 2. The lowest BCUT2D eigenvalue weighted by Crippen LogP contribution is -2.33. The van der Waals surface area contributed by atoms with Gasteiger partial charge in [-0.2, -0.15) is 0 Å². The van der Waals surface area contributed by atoms with Crippen molar-refractivity contribution in [2.45, 2.75) is 54.0 Å². The lowest BCUT2D eigenvalue weighted by Gasteiger charge is -2.33. The fourth-order valence-electron chi connectivity index (χ4n) is 2.48. The van der Waals surface area contributed by atoms with Crippen LogP contribution in [0.3, 0.4) is 0 Å². The minimum Gasteiger partial charge on any atom is -0.496 e. The summed E-state index contributed by atoms with van der Waals surface area (Å²) >= 11 is 0. The maximum absolute atomic E-state index is 5.67. The number of rotatable bonds is 5. The van der Waals surface area contributed by atoms with Crippen LogP contribution in [0.1, 0.15) is 56.8 Å². The van der Waals surface area contributed by atoms with Gasteiger partial charge in [0.25, 0.3) is 0 Å². The van der Waals surface area contributed by atoms with Crippen LogP contribution in [0.4, 0.5) is 0 Å². The van der Waals surface area contributed by atoms with E-state index in [1.165, 1.54) is 16.7 Å². The molecule has 0 aliphatic heterocycles. The Kier molecular flexibility index (Phi) is 5.42. The van der Waals surface area contributed by atoms with Crippen molar-refractivity contribution in [1.82, 2.24) is 5.32 Å². The lowest BCUT2D eigenvalue weighted by molar-refractivity contribution is 0.265. The second-order valence-electron chi connectivity index (χ2n) is 6.38. The zero-order valence-corrected chi connectivity index (χ0v) is 13.6. The van der Waals surface area contributed by atoms with Crippen LogP contribution in [0.15, 0.2) is 12.1 Å². The topological polar surface area (TPSA) is 21.3 Å². The van der Waals surface area contributed by atoms with Crippen LogP contribution < -0.4 is 10.1 Å². The predicted octanol–water partition coefficient (Wildman–Crippen LogP) is 4.40. The highest BCUT2D eigenvalue weighted by Gasteiger charge is 2.28. The summed E-state index contributed by atoms with van der Waals surface area (Å²) in [5.41, 5.74) is 3.95. The highest BCUT2D eigenvalue weighted by Crippen LogP contribution is 2.39. The van der Waals surface area contributed by atoms with Gasteiger partial charge < -0.3 is 10.1 Å². The molecule has 0 saturated carbocycles. The summed E-state index contributed by atoms with van der Waals surface area (Å²) in [6, 6.07) is 4.71. The van der Waals surface area contributed by atoms with Crippen molar-refractivity contribution in [2.24, 2.45) is 5.41 Å². The van der Waals surface area contributed by atoms with Crippen molar-refractivity contribution in [3.8, 4) is 5.75 Å². The SMILES string of the molecule is CCCNC(c1ccc(C)c(C)c1OC)C(C)(C)C. The molecule has 1 aromatic carbocycles. The molecule has 1 unspecified atom stereocenters. The van der Waals surface area contributed by atoms with E-state index in [9.17, 15) is 0 Å². The van der Waals surface area contributed by atoms with Gasteiger partial charge in [-0.15, -0.1) is 0 Å². The van der Waals surface area contributed by atoms with E-state index >= 15 is 0 Å².